The van der Waals surface area contributed by atoms with Gasteiger partial charge in [0.05, 0.1) is 12.6 Å². The number of aryl methyl sites for hydroxylation is 1. The lowest BCUT2D eigenvalue weighted by Crippen LogP contribution is -2.37. The molecule has 1 amide bonds. The Labute approximate surface area is 121 Å². The first-order valence-electron chi connectivity index (χ1n) is 7.28. The summed E-state index contributed by atoms with van der Waals surface area (Å²) in [6.45, 7) is 0.882. The molecule has 1 aromatic carbocycles. The van der Waals surface area contributed by atoms with Gasteiger partial charge < -0.3 is 14.9 Å². The topological polar surface area (TPSA) is 43.8 Å². The van der Waals surface area contributed by atoms with E-state index in [1.165, 1.54) is 11.3 Å². The molecular weight excluding hydrogens is 252 g/mol. The van der Waals surface area contributed by atoms with Crippen LogP contribution in [0.15, 0.2) is 24.3 Å². The standard InChI is InChI=1S/C16H24N2O2/c1-17(2)14-8-5-13(6-9-14)7-10-16(20)18-11-3-4-15(18)12-19/h5-6,8-9,15,19H,3-4,7,10-12H2,1-2H3/t15-/m1/s1. The highest BCUT2D eigenvalue weighted by Crippen LogP contribution is 2.19. The Balaban J connectivity index is 1.87. The molecule has 0 bridgehead atoms. The van der Waals surface area contributed by atoms with Crippen LogP contribution in [-0.4, -0.2) is 49.2 Å². The molecule has 20 heavy (non-hydrogen) atoms. The molecule has 110 valence electrons. The van der Waals surface area contributed by atoms with E-state index in [0.29, 0.717) is 6.42 Å². The molecule has 1 saturated heterocycles. The Morgan fingerprint density at radius 1 is 1.35 bits per heavy atom. The maximum atomic E-state index is 12.2. The molecule has 0 aromatic heterocycles. The summed E-state index contributed by atoms with van der Waals surface area (Å²) in [7, 11) is 4.03. The van der Waals surface area contributed by atoms with Crippen LogP contribution in [0.25, 0.3) is 0 Å². The van der Waals surface area contributed by atoms with Gasteiger partial charge in [-0.25, -0.2) is 0 Å². The average Bonchev–Trinajstić information content (AvgIpc) is 2.93. The second-order valence-corrected chi connectivity index (χ2v) is 5.63. The van der Waals surface area contributed by atoms with Gasteiger partial charge in [0.25, 0.3) is 0 Å². The number of carbonyl (C=O) groups is 1. The quantitative estimate of drug-likeness (QED) is 0.889. The lowest BCUT2D eigenvalue weighted by molar-refractivity contribution is -0.132. The monoisotopic (exact) mass is 276 g/mol. The van der Waals surface area contributed by atoms with Crippen LogP contribution in [0.5, 0.6) is 0 Å². The van der Waals surface area contributed by atoms with E-state index in [2.05, 4.69) is 29.2 Å². The summed E-state index contributed by atoms with van der Waals surface area (Å²) in [5.41, 5.74) is 2.35. The molecule has 1 aromatic rings. The van der Waals surface area contributed by atoms with Crippen LogP contribution in [0.3, 0.4) is 0 Å². The van der Waals surface area contributed by atoms with Crippen molar-refractivity contribution in [3.8, 4) is 0 Å². The van der Waals surface area contributed by atoms with E-state index in [-0.39, 0.29) is 18.6 Å². The molecule has 1 fully saturated rings. The highest BCUT2D eigenvalue weighted by molar-refractivity contribution is 5.77. The van der Waals surface area contributed by atoms with Gasteiger partial charge in [-0.15, -0.1) is 0 Å². The Hall–Kier alpha value is -1.55. The molecule has 1 aliphatic rings. The van der Waals surface area contributed by atoms with Crippen molar-refractivity contribution in [2.45, 2.75) is 31.7 Å². The van der Waals surface area contributed by atoms with Gasteiger partial charge in [0.1, 0.15) is 0 Å². The van der Waals surface area contributed by atoms with Gasteiger partial charge in [-0.3, -0.25) is 4.79 Å². The summed E-state index contributed by atoms with van der Waals surface area (Å²) in [5.74, 6) is 0.165. The summed E-state index contributed by atoms with van der Waals surface area (Å²) in [6, 6.07) is 8.35. The largest absolute Gasteiger partial charge is 0.394 e. The predicted molar refractivity (Wildman–Crippen MR) is 80.9 cm³/mol. The van der Waals surface area contributed by atoms with Gasteiger partial charge in [-0.2, -0.15) is 0 Å². The van der Waals surface area contributed by atoms with Crippen LogP contribution in [0.1, 0.15) is 24.8 Å². The van der Waals surface area contributed by atoms with Crippen molar-refractivity contribution in [1.29, 1.82) is 0 Å². The third-order valence-electron chi connectivity index (χ3n) is 3.99. The lowest BCUT2D eigenvalue weighted by atomic mass is 10.1. The molecule has 0 saturated carbocycles. The maximum Gasteiger partial charge on any atom is 0.223 e. The second kappa shape index (κ2) is 6.75. The summed E-state index contributed by atoms with van der Waals surface area (Å²) < 4.78 is 0. The molecule has 0 radical (unpaired) electrons. The molecule has 4 nitrogen and oxygen atoms in total. The van der Waals surface area contributed by atoms with Crippen molar-refractivity contribution < 1.29 is 9.90 Å². The highest BCUT2D eigenvalue weighted by atomic mass is 16.3. The van der Waals surface area contributed by atoms with E-state index < -0.39 is 0 Å². The maximum absolute atomic E-state index is 12.2. The minimum Gasteiger partial charge on any atom is -0.394 e. The normalized spacial score (nSPS) is 18.4. The van der Waals surface area contributed by atoms with Gasteiger partial charge in [0, 0.05) is 32.7 Å². The van der Waals surface area contributed by atoms with Crippen molar-refractivity contribution in [3.63, 3.8) is 0 Å². The second-order valence-electron chi connectivity index (χ2n) is 5.63. The Bertz CT molecular complexity index is 442. The molecule has 2 rings (SSSR count). The molecule has 0 aliphatic carbocycles. The number of anilines is 1. The number of likely N-dealkylation sites (tertiary alicyclic amines) is 1. The number of carbonyl (C=O) groups excluding carboxylic acids is 1. The van der Waals surface area contributed by atoms with Crippen molar-refractivity contribution >= 4 is 11.6 Å². The first-order chi connectivity index (χ1) is 9.61. The first-order valence-corrected chi connectivity index (χ1v) is 7.28. The number of nitrogens with zero attached hydrogens (tertiary/aromatic N) is 2. The molecular formula is C16H24N2O2. The third kappa shape index (κ3) is 3.51. The average molecular weight is 276 g/mol. The van der Waals surface area contributed by atoms with Crippen LogP contribution in [0.4, 0.5) is 5.69 Å². The summed E-state index contributed by atoms with van der Waals surface area (Å²) in [6.07, 6.45) is 3.23. The number of hydrogen-bond donors (Lipinski definition) is 1. The van der Waals surface area contributed by atoms with Crippen molar-refractivity contribution in [1.82, 2.24) is 4.90 Å². The summed E-state index contributed by atoms with van der Waals surface area (Å²) in [5, 5.41) is 9.25. The number of benzene rings is 1. The number of hydrogen-bond acceptors (Lipinski definition) is 3. The minimum atomic E-state index is 0.0404. The van der Waals surface area contributed by atoms with E-state index >= 15 is 0 Å². The van der Waals surface area contributed by atoms with Gasteiger partial charge in [-0.1, -0.05) is 12.1 Å². The van der Waals surface area contributed by atoms with Crippen LogP contribution < -0.4 is 4.90 Å². The Morgan fingerprint density at radius 3 is 2.65 bits per heavy atom. The molecule has 0 unspecified atom stereocenters. The number of amides is 1. The third-order valence-corrected chi connectivity index (χ3v) is 3.99. The number of aliphatic hydroxyl groups is 1. The first kappa shape index (κ1) is 14.9. The fraction of sp³-hybridized carbons (Fsp3) is 0.562. The minimum absolute atomic E-state index is 0.0404. The fourth-order valence-electron chi connectivity index (χ4n) is 2.71. The SMILES string of the molecule is CN(C)c1ccc(CCC(=O)N2CCC[C@@H]2CO)cc1. The Morgan fingerprint density at radius 2 is 2.05 bits per heavy atom. The van der Waals surface area contributed by atoms with Gasteiger partial charge in [0.2, 0.25) is 5.91 Å². The van der Waals surface area contributed by atoms with E-state index in [1.54, 1.807) is 0 Å². The number of aliphatic hydroxyl groups excluding tert-OH is 1. The zero-order chi connectivity index (χ0) is 14.5. The summed E-state index contributed by atoms with van der Waals surface area (Å²) in [4.78, 5) is 16.1. The molecule has 1 heterocycles. The zero-order valence-electron chi connectivity index (χ0n) is 12.4. The zero-order valence-corrected chi connectivity index (χ0v) is 12.4. The van der Waals surface area contributed by atoms with Gasteiger partial charge in [0.15, 0.2) is 0 Å². The smallest absolute Gasteiger partial charge is 0.223 e. The van der Waals surface area contributed by atoms with Crippen molar-refractivity contribution in [2.24, 2.45) is 0 Å². The predicted octanol–water partition coefficient (Wildman–Crippen LogP) is 1.67. The van der Waals surface area contributed by atoms with Crippen LogP contribution in [0.2, 0.25) is 0 Å². The van der Waals surface area contributed by atoms with E-state index in [1.807, 2.05) is 19.0 Å². The molecule has 1 N–H and O–H groups in total. The van der Waals surface area contributed by atoms with E-state index in [4.69, 9.17) is 0 Å². The molecule has 4 heteroatoms. The van der Waals surface area contributed by atoms with Gasteiger partial charge >= 0.3 is 0 Å². The molecule has 1 aliphatic heterocycles. The van der Waals surface area contributed by atoms with E-state index in [0.717, 1.165) is 25.8 Å². The fourth-order valence-corrected chi connectivity index (χ4v) is 2.71. The van der Waals surface area contributed by atoms with E-state index in [9.17, 15) is 9.90 Å². The van der Waals surface area contributed by atoms with Crippen LogP contribution in [0, 0.1) is 0 Å². The number of rotatable bonds is 5. The van der Waals surface area contributed by atoms with Crippen molar-refractivity contribution in [2.75, 3.05) is 32.1 Å². The van der Waals surface area contributed by atoms with Crippen LogP contribution >= 0.6 is 0 Å². The summed E-state index contributed by atoms with van der Waals surface area (Å²) >= 11 is 0. The van der Waals surface area contributed by atoms with Crippen LogP contribution in [-0.2, 0) is 11.2 Å². The van der Waals surface area contributed by atoms with Gasteiger partial charge in [-0.05, 0) is 37.0 Å². The molecule has 1 atom stereocenters. The van der Waals surface area contributed by atoms with Crippen molar-refractivity contribution in [3.05, 3.63) is 29.8 Å². The highest BCUT2D eigenvalue weighted by Gasteiger charge is 2.27. The Kier molecular flexibility index (Phi) is 5.01. The lowest BCUT2D eigenvalue weighted by Gasteiger charge is -2.23. The molecule has 0 spiro atoms.